The van der Waals surface area contributed by atoms with E-state index < -0.39 is 41.3 Å². The van der Waals surface area contributed by atoms with Crippen molar-refractivity contribution in [3.8, 4) is 0 Å². The molecule has 146 valence electrons. The minimum absolute atomic E-state index is 0.171. The van der Waals surface area contributed by atoms with E-state index in [4.69, 9.17) is 4.74 Å². The maximum Gasteiger partial charge on any atom is 0.197 e. The third kappa shape index (κ3) is 2.02. The predicted octanol–water partition coefficient (Wildman–Crippen LogP) is 0.622. The lowest BCUT2D eigenvalue weighted by atomic mass is 9.39. The largest absolute Gasteiger partial charge is 0.392 e. The lowest BCUT2D eigenvalue weighted by Crippen LogP contribution is -2.81. The Bertz CT molecular complexity index is 632. The highest BCUT2D eigenvalue weighted by Crippen LogP contribution is 2.69. The normalized spacial score (nSPS) is 54.9. The molecule has 9 atom stereocenters. The first-order valence-electron chi connectivity index (χ1n) is 9.65. The maximum atomic E-state index is 11.3. The number of fused-ring (bicyclic) bond motifs is 1. The van der Waals surface area contributed by atoms with Crippen LogP contribution in [-0.2, 0) is 9.53 Å². The highest BCUT2D eigenvalue weighted by Gasteiger charge is 2.76. The Labute approximate surface area is 153 Å². The van der Waals surface area contributed by atoms with Crippen molar-refractivity contribution in [1.82, 2.24) is 0 Å². The van der Waals surface area contributed by atoms with Crippen molar-refractivity contribution in [1.29, 1.82) is 0 Å². The Morgan fingerprint density at radius 2 is 1.88 bits per heavy atom. The van der Waals surface area contributed by atoms with E-state index in [1.54, 1.807) is 0 Å². The van der Waals surface area contributed by atoms with Crippen LogP contribution in [0, 0.1) is 34.5 Å². The second kappa shape index (κ2) is 5.61. The Kier molecular flexibility index (Phi) is 4.01. The molecule has 6 nitrogen and oxygen atoms in total. The van der Waals surface area contributed by atoms with E-state index in [1.165, 1.54) is 0 Å². The lowest BCUT2D eigenvalue weighted by molar-refractivity contribution is -0.441. The average molecular weight is 366 g/mol. The van der Waals surface area contributed by atoms with Crippen molar-refractivity contribution >= 4 is 6.29 Å². The van der Waals surface area contributed by atoms with Gasteiger partial charge in [0.1, 0.15) is 12.4 Å². The van der Waals surface area contributed by atoms with Gasteiger partial charge in [0.15, 0.2) is 5.79 Å². The van der Waals surface area contributed by atoms with Crippen LogP contribution in [0.3, 0.4) is 0 Å². The molecule has 2 heterocycles. The van der Waals surface area contributed by atoms with Gasteiger partial charge in [-0.15, -0.1) is 0 Å². The molecule has 2 saturated heterocycles. The highest BCUT2D eigenvalue weighted by molar-refractivity contribution is 5.73. The number of aliphatic hydroxyl groups excluding tert-OH is 3. The second-order valence-electron chi connectivity index (χ2n) is 9.62. The fraction of sp³-hybridized carbons (Fsp3) is 0.850. The second-order valence-corrected chi connectivity index (χ2v) is 9.62. The van der Waals surface area contributed by atoms with Crippen LogP contribution in [0.1, 0.15) is 39.5 Å². The average Bonchev–Trinajstić information content (AvgIpc) is 2.59. The summed E-state index contributed by atoms with van der Waals surface area (Å²) in [6.07, 6.45) is 0.373. The van der Waals surface area contributed by atoms with Crippen molar-refractivity contribution in [2.24, 2.45) is 34.5 Å². The summed E-state index contributed by atoms with van der Waals surface area (Å²) in [7, 11) is 0. The monoisotopic (exact) mass is 366 g/mol. The molecular weight excluding hydrogens is 336 g/mol. The van der Waals surface area contributed by atoms with Crippen LogP contribution < -0.4 is 0 Å². The minimum Gasteiger partial charge on any atom is -0.392 e. The molecule has 0 aromatic carbocycles. The van der Waals surface area contributed by atoms with Gasteiger partial charge in [0.2, 0.25) is 0 Å². The maximum absolute atomic E-state index is 11.3. The van der Waals surface area contributed by atoms with E-state index >= 15 is 0 Å². The van der Waals surface area contributed by atoms with E-state index in [0.717, 1.165) is 6.42 Å². The van der Waals surface area contributed by atoms with Crippen LogP contribution >= 0.6 is 0 Å². The third-order valence-corrected chi connectivity index (χ3v) is 8.19. The van der Waals surface area contributed by atoms with Crippen molar-refractivity contribution in [2.45, 2.75) is 63.6 Å². The molecule has 0 amide bonds. The molecule has 4 N–H and O–H groups in total. The van der Waals surface area contributed by atoms with Crippen LogP contribution in [0.5, 0.6) is 0 Å². The highest BCUT2D eigenvalue weighted by atomic mass is 16.6. The van der Waals surface area contributed by atoms with Gasteiger partial charge in [0, 0.05) is 23.2 Å². The summed E-state index contributed by atoms with van der Waals surface area (Å²) >= 11 is 0. The van der Waals surface area contributed by atoms with Gasteiger partial charge in [0.25, 0.3) is 0 Å². The smallest absolute Gasteiger partial charge is 0.197 e. The zero-order chi connectivity index (χ0) is 19.1. The topological polar surface area (TPSA) is 107 Å². The molecular formula is C20H30O6. The number of carbonyl (C=O) groups excluding carboxylic acids is 1. The molecule has 3 aliphatic carbocycles. The standard InChI is InChI=1S/C20H30O6/c1-10(8-21)11-4-5-12-14(15(11)23)20(25)17(24)16-18(2,3)7-6-13(22)19(12,16)9-26-20/h8,11-17,22-25H,1,4-7,9H2,2-3H3. The zero-order valence-electron chi connectivity index (χ0n) is 15.5. The molecule has 1 spiro atoms. The Balaban J connectivity index is 1.83. The summed E-state index contributed by atoms with van der Waals surface area (Å²) in [4.78, 5) is 11.2. The van der Waals surface area contributed by atoms with Crippen molar-refractivity contribution in [3.63, 3.8) is 0 Å². The first kappa shape index (κ1) is 18.6. The number of aldehydes is 1. The van der Waals surface area contributed by atoms with Gasteiger partial charge in [0.05, 0.1) is 18.8 Å². The molecule has 3 saturated carbocycles. The van der Waals surface area contributed by atoms with E-state index in [0.29, 0.717) is 31.1 Å². The number of carbonyl (C=O) groups is 1. The molecule has 9 unspecified atom stereocenters. The van der Waals surface area contributed by atoms with Crippen LogP contribution in [0.4, 0.5) is 0 Å². The molecule has 5 rings (SSSR count). The summed E-state index contributed by atoms with van der Waals surface area (Å²) in [5.41, 5.74) is -0.644. The van der Waals surface area contributed by atoms with Crippen LogP contribution in [0.15, 0.2) is 12.2 Å². The van der Waals surface area contributed by atoms with Crippen molar-refractivity contribution < 1.29 is 30.0 Å². The SMILES string of the molecule is C=C(C=O)C1CCC2C(C1O)C1(O)OCC23C(O)CCC(C)(C)C3C1O. The van der Waals surface area contributed by atoms with Gasteiger partial charge in [-0.25, -0.2) is 0 Å². The van der Waals surface area contributed by atoms with Gasteiger partial charge in [-0.05, 0) is 42.6 Å². The van der Waals surface area contributed by atoms with E-state index in [1.807, 2.05) is 0 Å². The summed E-state index contributed by atoms with van der Waals surface area (Å²) < 4.78 is 5.77. The summed E-state index contributed by atoms with van der Waals surface area (Å²) in [5, 5.41) is 44.6. The van der Waals surface area contributed by atoms with Crippen LogP contribution in [0.2, 0.25) is 0 Å². The molecule has 6 heteroatoms. The zero-order valence-corrected chi connectivity index (χ0v) is 15.5. The summed E-state index contributed by atoms with van der Waals surface area (Å²) in [5.74, 6) is -3.56. The van der Waals surface area contributed by atoms with Gasteiger partial charge in [-0.2, -0.15) is 0 Å². The molecule has 2 aliphatic heterocycles. The van der Waals surface area contributed by atoms with Gasteiger partial charge < -0.3 is 25.2 Å². The predicted molar refractivity (Wildman–Crippen MR) is 92.8 cm³/mol. The number of hydrogen-bond acceptors (Lipinski definition) is 6. The minimum atomic E-state index is -1.87. The van der Waals surface area contributed by atoms with Crippen molar-refractivity contribution in [3.05, 3.63) is 12.2 Å². The number of hydrogen-bond donors (Lipinski definition) is 4. The Hall–Kier alpha value is -0.790. The summed E-state index contributed by atoms with van der Waals surface area (Å²) in [6.45, 7) is 8.07. The van der Waals surface area contributed by atoms with Crippen molar-refractivity contribution in [2.75, 3.05) is 6.61 Å². The molecule has 26 heavy (non-hydrogen) atoms. The fourth-order valence-corrected chi connectivity index (χ4v) is 7.04. The molecule has 0 aromatic heterocycles. The molecule has 0 aromatic rings. The van der Waals surface area contributed by atoms with Crippen LogP contribution in [-0.4, -0.2) is 57.4 Å². The summed E-state index contributed by atoms with van der Waals surface area (Å²) in [6, 6.07) is 0. The van der Waals surface area contributed by atoms with Gasteiger partial charge in [-0.1, -0.05) is 20.4 Å². The molecule has 5 aliphatic rings. The first-order chi connectivity index (χ1) is 12.1. The molecule has 0 radical (unpaired) electrons. The van der Waals surface area contributed by atoms with Gasteiger partial charge >= 0.3 is 0 Å². The number of rotatable bonds is 2. The number of aliphatic hydroxyl groups is 4. The fourth-order valence-electron chi connectivity index (χ4n) is 7.04. The quantitative estimate of drug-likeness (QED) is 0.422. The number of ether oxygens (including phenoxy) is 1. The molecule has 2 bridgehead atoms. The van der Waals surface area contributed by atoms with E-state index in [-0.39, 0.29) is 23.9 Å². The Morgan fingerprint density at radius 3 is 2.54 bits per heavy atom. The lowest BCUT2D eigenvalue weighted by Gasteiger charge is -2.72. The van der Waals surface area contributed by atoms with Crippen LogP contribution in [0.25, 0.3) is 0 Å². The van der Waals surface area contributed by atoms with E-state index in [2.05, 4.69) is 20.4 Å². The first-order valence-corrected chi connectivity index (χ1v) is 9.65. The van der Waals surface area contributed by atoms with Gasteiger partial charge in [-0.3, -0.25) is 4.79 Å². The van der Waals surface area contributed by atoms with E-state index in [9.17, 15) is 25.2 Å². The molecule has 5 fully saturated rings. The Morgan fingerprint density at radius 1 is 1.19 bits per heavy atom. The third-order valence-electron chi connectivity index (χ3n) is 8.19.